The van der Waals surface area contributed by atoms with Crippen LogP contribution in [0.25, 0.3) is 76.8 Å². The fourth-order valence-electron chi connectivity index (χ4n) is 8.31. The quantitative estimate of drug-likeness (QED) is 0.0521. The van der Waals surface area contributed by atoms with E-state index >= 15 is 0 Å². The van der Waals surface area contributed by atoms with Gasteiger partial charge in [0.05, 0.1) is 33.4 Å². The fourth-order valence-corrected chi connectivity index (χ4v) is 8.31. The Labute approximate surface area is 382 Å². The summed E-state index contributed by atoms with van der Waals surface area (Å²) >= 11 is 0. The van der Waals surface area contributed by atoms with Crippen molar-refractivity contribution in [3.8, 4) is 200 Å². The molecule has 0 saturated carbocycles. The second-order valence-corrected chi connectivity index (χ2v) is 15.1. The van der Waals surface area contributed by atoms with E-state index in [0.29, 0.717) is 0 Å². The summed E-state index contributed by atoms with van der Waals surface area (Å²) in [7, 11) is 6.21. The van der Waals surface area contributed by atoms with Crippen molar-refractivity contribution in [3.05, 3.63) is 0 Å². The molecular weight excluding hydrogens is 947 g/mol. The van der Waals surface area contributed by atoms with Crippen LogP contribution in [0.15, 0.2) is 0 Å². The van der Waals surface area contributed by atoms with Crippen LogP contribution in [0.2, 0.25) is 0 Å². The maximum atomic E-state index is 12.1. The van der Waals surface area contributed by atoms with Crippen LogP contribution in [0.1, 0.15) is 0 Å². The van der Waals surface area contributed by atoms with E-state index < -0.39 is 238 Å². The van der Waals surface area contributed by atoms with Gasteiger partial charge in [0.1, 0.15) is 30.8 Å². The molecule has 70 heavy (non-hydrogen) atoms. The molecule has 8 aromatic carbocycles. The third-order valence-electron chi connectivity index (χ3n) is 11.6. The van der Waals surface area contributed by atoms with Crippen molar-refractivity contribution in [3.63, 3.8) is 0 Å². The lowest BCUT2D eigenvalue weighted by atomic mass is 9.76. The summed E-state index contributed by atoms with van der Waals surface area (Å²) in [6.45, 7) is 0. The number of hydrogen-bond donors (Lipinski definition) is 27. The van der Waals surface area contributed by atoms with E-state index in [-0.39, 0.29) is 0 Å². The van der Waals surface area contributed by atoms with Gasteiger partial charge < -0.3 is 138 Å². The highest BCUT2D eigenvalue weighted by molar-refractivity contribution is 6.42. The van der Waals surface area contributed by atoms with Gasteiger partial charge in [-0.1, -0.05) is 5.46 Å². The molecule has 2 radical (unpaired) electrons. The van der Waals surface area contributed by atoms with Crippen LogP contribution in [-0.2, 0) is 0 Å². The number of benzene rings is 8. The number of aromatic hydroxyl groups is 27. The van der Waals surface area contributed by atoms with E-state index in [1.165, 1.54) is 0 Å². The molecule has 0 aliphatic rings. The summed E-state index contributed by atoms with van der Waals surface area (Å²) in [5.41, 5.74) is -14.1. The first-order valence-electron chi connectivity index (χ1n) is 18.6. The summed E-state index contributed by atoms with van der Waals surface area (Å²) in [6, 6.07) is 0. The van der Waals surface area contributed by atoms with Gasteiger partial charge in [-0.15, -0.1) is 0 Å². The first kappa shape index (κ1) is 45.8. The Bertz CT molecular complexity index is 3610. The maximum absolute atomic E-state index is 12.1. The molecule has 0 aliphatic heterocycles. The van der Waals surface area contributed by atoms with Crippen LogP contribution in [0.3, 0.4) is 0 Å². The first-order valence-corrected chi connectivity index (χ1v) is 18.6. The predicted molar refractivity (Wildman–Crippen MR) is 231 cm³/mol. The Morgan fingerprint density at radius 3 is 0.529 bits per heavy atom. The molecule has 0 aliphatic carbocycles. The summed E-state index contributed by atoms with van der Waals surface area (Å²) in [6.07, 6.45) is 0. The zero-order chi connectivity index (χ0) is 52.2. The standard InChI is InChI=1S/C42H27BO27/c43-15-7(9-26(54)37(65)41(69)38(66)27(9)55)17(45)11(18(46)8(15)10-28(56)39(67)42(70)40(68)29(10)57)12-19(47)14(31(59)32(60)30(12)58)13-16(44)1-2(20(48)25(13)53)4-6(24(52)36(64)34(62)22(4)50)5-3(1)21(49)33(61)35(63)23(5)51/h44-70H. The van der Waals surface area contributed by atoms with E-state index in [2.05, 4.69) is 0 Å². The molecule has 0 heterocycles. The molecule has 8 aromatic rings. The Hall–Kier alpha value is -10.8. The van der Waals surface area contributed by atoms with Gasteiger partial charge in [-0.3, -0.25) is 0 Å². The van der Waals surface area contributed by atoms with Crippen molar-refractivity contribution < 1.29 is 138 Å². The lowest BCUT2D eigenvalue weighted by molar-refractivity contribution is 0.329. The minimum Gasteiger partial charge on any atom is -0.507 e. The Balaban J connectivity index is 1.64. The maximum Gasteiger partial charge on any atom is 0.208 e. The Morgan fingerprint density at radius 1 is 0.129 bits per heavy atom. The molecule has 0 amide bonds. The number of phenols is 27. The molecule has 0 fully saturated rings. The second-order valence-electron chi connectivity index (χ2n) is 15.1. The van der Waals surface area contributed by atoms with Crippen LogP contribution >= 0.6 is 0 Å². The lowest BCUT2D eigenvalue weighted by Crippen LogP contribution is -2.13. The minimum atomic E-state index is -1.96. The lowest BCUT2D eigenvalue weighted by Gasteiger charge is -2.25. The molecular formula is C42H27BO27. The zero-order valence-electron chi connectivity index (χ0n) is 33.7. The van der Waals surface area contributed by atoms with Crippen molar-refractivity contribution in [1.82, 2.24) is 0 Å². The molecule has 27 nitrogen and oxygen atoms in total. The van der Waals surface area contributed by atoms with E-state index in [1.807, 2.05) is 0 Å². The van der Waals surface area contributed by atoms with E-state index in [4.69, 9.17) is 7.85 Å². The minimum absolute atomic E-state index is 1.11. The molecule has 0 bridgehead atoms. The molecule has 28 heteroatoms. The number of phenolic OH excluding ortho intramolecular Hbond substituents is 27. The normalized spacial score (nSPS) is 11.6. The van der Waals surface area contributed by atoms with Gasteiger partial charge in [0, 0.05) is 43.4 Å². The average Bonchev–Trinajstić information content (AvgIpc) is 3.32. The summed E-state index contributed by atoms with van der Waals surface area (Å²) in [4.78, 5) is 0. The SMILES string of the molecule is [B]c1c(-c2c(O)c(O)c(O)c(O)c2O)c(O)c(-c2c(O)c(O)c(O)c(-c3c(O)c(O)c4c5c(O)c(O)c(O)c(O)c5c5c(O)c(O)c(O)c(O)c5c4c3O)c2O)c(O)c1-c1c(O)c(O)c(O)c(O)c1O. The smallest absolute Gasteiger partial charge is 0.208 e. The Kier molecular flexibility index (Phi) is 9.38. The number of rotatable bonds is 4. The van der Waals surface area contributed by atoms with E-state index in [9.17, 15) is 138 Å². The predicted octanol–water partition coefficient (Wildman–Crippen LogP) is 2.66. The molecule has 0 unspecified atom stereocenters. The van der Waals surface area contributed by atoms with E-state index in [0.717, 1.165) is 0 Å². The van der Waals surface area contributed by atoms with E-state index in [1.54, 1.807) is 0 Å². The third-order valence-corrected chi connectivity index (χ3v) is 11.6. The van der Waals surface area contributed by atoms with Crippen LogP contribution in [0.4, 0.5) is 0 Å². The Morgan fingerprint density at radius 2 is 0.257 bits per heavy atom. The van der Waals surface area contributed by atoms with Crippen molar-refractivity contribution in [2.45, 2.75) is 0 Å². The number of fused-ring (bicyclic) bond motifs is 6. The summed E-state index contributed by atoms with van der Waals surface area (Å²) < 4.78 is 0. The topological polar surface area (TPSA) is 546 Å². The molecule has 27 N–H and O–H groups in total. The largest absolute Gasteiger partial charge is 0.507 e. The van der Waals surface area contributed by atoms with Crippen LogP contribution in [-0.4, -0.2) is 146 Å². The van der Waals surface area contributed by atoms with Gasteiger partial charge in [0.2, 0.25) is 63.2 Å². The fraction of sp³-hybridized carbons (Fsp3) is 0. The molecule has 0 atom stereocenters. The van der Waals surface area contributed by atoms with Crippen LogP contribution in [0.5, 0.6) is 155 Å². The van der Waals surface area contributed by atoms with Crippen molar-refractivity contribution in [1.29, 1.82) is 0 Å². The molecule has 0 aromatic heterocycles. The highest BCUT2D eigenvalue weighted by Crippen LogP contribution is 2.69. The average molecular weight is 974 g/mol. The van der Waals surface area contributed by atoms with Crippen molar-refractivity contribution in [2.75, 3.05) is 0 Å². The van der Waals surface area contributed by atoms with Gasteiger partial charge in [-0.05, 0) is 0 Å². The number of hydrogen-bond acceptors (Lipinski definition) is 27. The molecule has 360 valence electrons. The molecule has 0 spiro atoms. The highest BCUT2D eigenvalue weighted by Gasteiger charge is 2.40. The highest BCUT2D eigenvalue weighted by atomic mass is 16.4. The van der Waals surface area contributed by atoms with Gasteiger partial charge in [0.15, 0.2) is 69.0 Å². The second kappa shape index (κ2) is 14.4. The summed E-state index contributed by atoms with van der Waals surface area (Å²) in [5, 5.41) is 290. The van der Waals surface area contributed by atoms with Gasteiger partial charge in [0.25, 0.3) is 0 Å². The molecule has 0 saturated heterocycles. The van der Waals surface area contributed by atoms with Gasteiger partial charge >= 0.3 is 0 Å². The molecule has 8 rings (SSSR count). The third kappa shape index (κ3) is 5.27. The van der Waals surface area contributed by atoms with Crippen LogP contribution in [0, 0.1) is 0 Å². The van der Waals surface area contributed by atoms with Crippen molar-refractivity contribution in [2.24, 2.45) is 0 Å². The zero-order valence-corrected chi connectivity index (χ0v) is 33.7. The van der Waals surface area contributed by atoms with Crippen LogP contribution < -0.4 is 5.46 Å². The van der Waals surface area contributed by atoms with Crippen molar-refractivity contribution >= 4 is 45.6 Å². The van der Waals surface area contributed by atoms with Gasteiger partial charge in [-0.2, -0.15) is 0 Å². The monoisotopic (exact) mass is 974 g/mol. The summed E-state index contributed by atoms with van der Waals surface area (Å²) in [5.74, 6) is -46.4. The first-order chi connectivity index (χ1) is 32.5. The van der Waals surface area contributed by atoms with Gasteiger partial charge in [-0.25, -0.2) is 0 Å².